The lowest BCUT2D eigenvalue weighted by atomic mass is 10.3. The van der Waals surface area contributed by atoms with Gasteiger partial charge in [0.25, 0.3) is 0 Å². The number of H-pyrrole nitrogens is 1. The molecule has 0 spiro atoms. The molecule has 2 aromatic rings. The van der Waals surface area contributed by atoms with Crippen LogP contribution >= 0.6 is 11.8 Å². The molecule has 2 rings (SSSR count). The Hall–Kier alpha value is -1.56. The van der Waals surface area contributed by atoms with Crippen LogP contribution in [0.15, 0.2) is 34.0 Å². The van der Waals surface area contributed by atoms with E-state index in [1.165, 1.54) is 4.68 Å². The monoisotopic (exact) mass is 208 g/mol. The average molecular weight is 208 g/mol. The SMILES string of the molecule is CSc1ccccc1-n1nn[nH]c1=O. The van der Waals surface area contributed by atoms with E-state index in [9.17, 15) is 4.79 Å². The van der Waals surface area contributed by atoms with Crippen LogP contribution < -0.4 is 5.69 Å². The molecular weight excluding hydrogens is 200 g/mol. The minimum atomic E-state index is -0.327. The summed E-state index contributed by atoms with van der Waals surface area (Å²) in [5.74, 6) is 0. The summed E-state index contributed by atoms with van der Waals surface area (Å²) in [5.41, 5.74) is 0.422. The largest absolute Gasteiger partial charge is 0.365 e. The van der Waals surface area contributed by atoms with Crippen molar-refractivity contribution >= 4 is 11.8 Å². The highest BCUT2D eigenvalue weighted by atomic mass is 32.2. The van der Waals surface area contributed by atoms with Crippen LogP contribution in [0, 0.1) is 0 Å². The highest BCUT2D eigenvalue weighted by Crippen LogP contribution is 2.21. The highest BCUT2D eigenvalue weighted by molar-refractivity contribution is 7.98. The Balaban J connectivity index is 2.62. The van der Waals surface area contributed by atoms with Gasteiger partial charge in [0.2, 0.25) is 0 Å². The molecule has 1 aromatic carbocycles. The van der Waals surface area contributed by atoms with Gasteiger partial charge in [-0.05, 0) is 28.8 Å². The molecule has 0 radical (unpaired) electrons. The first-order chi connectivity index (χ1) is 6.83. The van der Waals surface area contributed by atoms with Gasteiger partial charge in [-0.1, -0.05) is 12.1 Å². The van der Waals surface area contributed by atoms with Crippen LogP contribution in [0.25, 0.3) is 5.69 Å². The summed E-state index contributed by atoms with van der Waals surface area (Å²) >= 11 is 1.56. The van der Waals surface area contributed by atoms with E-state index in [1.807, 2.05) is 30.5 Å². The fraction of sp³-hybridized carbons (Fsp3) is 0.125. The number of para-hydroxylation sites is 1. The van der Waals surface area contributed by atoms with Crippen LogP contribution in [-0.4, -0.2) is 26.5 Å². The van der Waals surface area contributed by atoms with Crippen LogP contribution in [0.5, 0.6) is 0 Å². The van der Waals surface area contributed by atoms with Gasteiger partial charge in [-0.3, -0.25) is 0 Å². The Bertz CT molecular complexity index is 490. The summed E-state index contributed by atoms with van der Waals surface area (Å²) in [7, 11) is 0. The van der Waals surface area contributed by atoms with Crippen molar-refractivity contribution in [2.75, 3.05) is 6.26 Å². The number of tetrazole rings is 1. The third kappa shape index (κ3) is 1.44. The first-order valence-electron chi connectivity index (χ1n) is 3.96. The summed E-state index contributed by atoms with van der Waals surface area (Å²) in [5, 5.41) is 9.38. The maximum absolute atomic E-state index is 11.3. The molecule has 0 amide bonds. The molecule has 0 fully saturated rings. The molecule has 1 heterocycles. The summed E-state index contributed by atoms with van der Waals surface area (Å²) < 4.78 is 1.24. The molecule has 0 bridgehead atoms. The molecule has 0 aliphatic heterocycles. The molecule has 0 aliphatic carbocycles. The van der Waals surface area contributed by atoms with Crippen molar-refractivity contribution in [2.45, 2.75) is 4.90 Å². The second-order valence-corrected chi connectivity index (χ2v) is 3.44. The second-order valence-electron chi connectivity index (χ2n) is 2.59. The molecule has 14 heavy (non-hydrogen) atoms. The molecule has 0 atom stereocenters. The maximum Gasteiger partial charge on any atom is 0.365 e. The smallest absolute Gasteiger partial charge is 0.244 e. The second kappa shape index (κ2) is 3.67. The Morgan fingerprint density at radius 1 is 1.43 bits per heavy atom. The van der Waals surface area contributed by atoms with Crippen molar-refractivity contribution in [1.82, 2.24) is 20.2 Å². The van der Waals surface area contributed by atoms with Crippen LogP contribution in [0.2, 0.25) is 0 Å². The van der Waals surface area contributed by atoms with Crippen molar-refractivity contribution in [1.29, 1.82) is 0 Å². The molecule has 5 nitrogen and oxygen atoms in total. The zero-order valence-corrected chi connectivity index (χ0v) is 8.28. The molecule has 72 valence electrons. The fourth-order valence-electron chi connectivity index (χ4n) is 1.16. The van der Waals surface area contributed by atoms with Gasteiger partial charge in [-0.15, -0.1) is 11.8 Å². The predicted octanol–water partition coefficient (Wildman–Crippen LogP) is 0.677. The molecule has 0 unspecified atom stereocenters. The Kier molecular flexibility index (Phi) is 2.36. The van der Waals surface area contributed by atoms with Crippen molar-refractivity contribution in [3.63, 3.8) is 0 Å². The van der Waals surface area contributed by atoms with Crippen molar-refractivity contribution in [3.05, 3.63) is 34.7 Å². The number of hydrogen-bond acceptors (Lipinski definition) is 4. The fourth-order valence-corrected chi connectivity index (χ4v) is 1.74. The van der Waals surface area contributed by atoms with E-state index in [0.717, 1.165) is 10.6 Å². The summed E-state index contributed by atoms with van der Waals surface area (Å²) in [6.07, 6.45) is 1.95. The number of rotatable bonds is 2. The van der Waals surface area contributed by atoms with E-state index in [4.69, 9.17) is 0 Å². The first-order valence-corrected chi connectivity index (χ1v) is 5.19. The normalized spacial score (nSPS) is 10.4. The zero-order chi connectivity index (χ0) is 9.97. The van der Waals surface area contributed by atoms with E-state index < -0.39 is 0 Å². The van der Waals surface area contributed by atoms with Gasteiger partial charge < -0.3 is 0 Å². The number of nitrogens with zero attached hydrogens (tertiary/aromatic N) is 3. The predicted molar refractivity (Wildman–Crippen MR) is 53.8 cm³/mol. The lowest BCUT2D eigenvalue weighted by Crippen LogP contribution is -2.16. The van der Waals surface area contributed by atoms with E-state index >= 15 is 0 Å². The molecule has 1 aromatic heterocycles. The molecule has 0 saturated carbocycles. The number of aromatic amines is 1. The van der Waals surface area contributed by atoms with E-state index in [-0.39, 0.29) is 5.69 Å². The minimum absolute atomic E-state index is 0.327. The lowest BCUT2D eigenvalue weighted by Gasteiger charge is -2.03. The summed E-state index contributed by atoms with van der Waals surface area (Å²) in [4.78, 5) is 12.3. The molecule has 1 N–H and O–H groups in total. The number of thioether (sulfide) groups is 1. The van der Waals surface area contributed by atoms with Gasteiger partial charge in [0.05, 0.1) is 5.69 Å². The molecule has 0 saturated heterocycles. The van der Waals surface area contributed by atoms with Crippen LogP contribution in [-0.2, 0) is 0 Å². The Labute approximate surface area is 84.1 Å². The van der Waals surface area contributed by atoms with Gasteiger partial charge in [-0.2, -0.15) is 4.68 Å². The molecular formula is C8H8N4OS. The topological polar surface area (TPSA) is 63.6 Å². The van der Waals surface area contributed by atoms with Crippen molar-refractivity contribution in [2.24, 2.45) is 0 Å². The highest BCUT2D eigenvalue weighted by Gasteiger charge is 2.06. The third-order valence-electron chi connectivity index (χ3n) is 1.79. The average Bonchev–Trinajstić information content (AvgIpc) is 2.64. The quantitative estimate of drug-likeness (QED) is 0.737. The number of nitrogens with one attached hydrogen (secondary N) is 1. The molecule has 6 heteroatoms. The van der Waals surface area contributed by atoms with E-state index in [0.29, 0.717) is 0 Å². The molecule has 0 aliphatic rings. The number of hydrogen-bond donors (Lipinski definition) is 1. The standard InChI is InChI=1S/C8H8N4OS/c1-14-7-5-3-2-4-6(7)12-8(13)9-10-11-12/h2-5H,1H3,(H,9,11,13). The van der Waals surface area contributed by atoms with Crippen LogP contribution in [0.4, 0.5) is 0 Å². The minimum Gasteiger partial charge on any atom is -0.244 e. The Morgan fingerprint density at radius 3 is 2.86 bits per heavy atom. The van der Waals surface area contributed by atoms with Crippen LogP contribution in [0.3, 0.4) is 0 Å². The lowest BCUT2D eigenvalue weighted by molar-refractivity contribution is 0.769. The van der Waals surface area contributed by atoms with Crippen molar-refractivity contribution in [3.8, 4) is 5.69 Å². The van der Waals surface area contributed by atoms with Crippen LogP contribution in [0.1, 0.15) is 0 Å². The first kappa shape index (κ1) is 9.01. The van der Waals surface area contributed by atoms with E-state index in [1.54, 1.807) is 11.8 Å². The summed E-state index contributed by atoms with van der Waals surface area (Å²) in [6.45, 7) is 0. The van der Waals surface area contributed by atoms with Gasteiger partial charge in [-0.25, -0.2) is 9.89 Å². The van der Waals surface area contributed by atoms with E-state index in [2.05, 4.69) is 15.5 Å². The zero-order valence-electron chi connectivity index (χ0n) is 7.47. The van der Waals surface area contributed by atoms with Gasteiger partial charge in [0, 0.05) is 4.90 Å². The van der Waals surface area contributed by atoms with Crippen molar-refractivity contribution < 1.29 is 0 Å². The number of aromatic nitrogens is 4. The van der Waals surface area contributed by atoms with Gasteiger partial charge >= 0.3 is 5.69 Å². The van der Waals surface area contributed by atoms with Gasteiger partial charge in [0.1, 0.15) is 0 Å². The maximum atomic E-state index is 11.3. The number of benzene rings is 1. The summed E-state index contributed by atoms with van der Waals surface area (Å²) in [6, 6.07) is 7.54. The Morgan fingerprint density at radius 2 is 2.21 bits per heavy atom. The third-order valence-corrected chi connectivity index (χ3v) is 2.57. The van der Waals surface area contributed by atoms with Gasteiger partial charge in [0.15, 0.2) is 0 Å².